The number of carbonyl (C=O) groups is 2. The number of benzene rings is 2. The molecule has 4 rings (SSSR count). The van der Waals surface area contributed by atoms with Crippen molar-refractivity contribution in [3.05, 3.63) is 95.8 Å². The normalized spacial score (nSPS) is 19.1. The number of hydrogen-bond acceptors (Lipinski definition) is 5. The number of nitrogens with zero attached hydrogens (tertiary/aromatic N) is 2. The van der Waals surface area contributed by atoms with Crippen LogP contribution >= 0.6 is 0 Å². The average molecular weight is 477 g/mol. The van der Waals surface area contributed by atoms with Gasteiger partial charge in [-0.15, -0.1) is 0 Å². The van der Waals surface area contributed by atoms with Gasteiger partial charge >= 0.3 is 0 Å². The van der Waals surface area contributed by atoms with Gasteiger partial charge < -0.3 is 20.7 Å². The van der Waals surface area contributed by atoms with E-state index < -0.39 is 30.1 Å². The maximum absolute atomic E-state index is 14.4. The predicted molar refractivity (Wildman–Crippen MR) is 130 cm³/mol. The number of ether oxygens (including phenoxy) is 1. The molecule has 3 aromatic rings. The van der Waals surface area contributed by atoms with Crippen molar-refractivity contribution in [2.45, 2.75) is 37.6 Å². The lowest BCUT2D eigenvalue weighted by Crippen LogP contribution is -2.48. The van der Waals surface area contributed by atoms with Gasteiger partial charge in [0.15, 0.2) is 6.61 Å². The van der Waals surface area contributed by atoms with E-state index >= 15 is 0 Å². The molecule has 0 radical (unpaired) electrons. The van der Waals surface area contributed by atoms with E-state index in [2.05, 4.69) is 10.3 Å². The molecule has 7 nitrogen and oxygen atoms in total. The Hall–Kier alpha value is -3.78. The summed E-state index contributed by atoms with van der Waals surface area (Å²) in [5.74, 6) is -0.436. The third-order valence-electron chi connectivity index (χ3n) is 6.08. The van der Waals surface area contributed by atoms with Crippen LogP contribution in [0.15, 0.2) is 79.1 Å². The van der Waals surface area contributed by atoms with Crippen LogP contribution in [0.4, 0.5) is 4.39 Å². The molecule has 182 valence electrons. The topological polar surface area (TPSA) is 97.6 Å². The predicted octanol–water partition coefficient (Wildman–Crippen LogP) is 3.32. The van der Waals surface area contributed by atoms with Crippen molar-refractivity contribution < 1.29 is 18.7 Å². The number of nitrogens with two attached hydrogens (primary N) is 1. The van der Waals surface area contributed by atoms with Gasteiger partial charge in [0.1, 0.15) is 18.0 Å². The van der Waals surface area contributed by atoms with E-state index in [4.69, 9.17) is 10.5 Å². The van der Waals surface area contributed by atoms with E-state index in [0.29, 0.717) is 5.75 Å². The van der Waals surface area contributed by atoms with Crippen molar-refractivity contribution in [2.75, 3.05) is 13.2 Å². The summed E-state index contributed by atoms with van der Waals surface area (Å²) in [4.78, 5) is 31.4. The number of amides is 2. The first-order valence-corrected chi connectivity index (χ1v) is 11.6. The largest absolute Gasteiger partial charge is 0.482 e. The van der Waals surface area contributed by atoms with Crippen molar-refractivity contribution in [3.8, 4) is 5.75 Å². The number of halogens is 1. The number of nitrogens with one attached hydrogen (secondary N) is 1. The third-order valence-corrected chi connectivity index (χ3v) is 6.08. The molecule has 0 spiro atoms. The summed E-state index contributed by atoms with van der Waals surface area (Å²) in [7, 11) is 0. The second-order valence-corrected chi connectivity index (χ2v) is 8.68. The Morgan fingerprint density at radius 2 is 1.77 bits per heavy atom. The standard InChI is InChI=1S/C27H29FN4O3/c1-18(29)19-9-11-21(12-10-19)26(20-6-3-2-4-7-20)31-27(34)24-14-22(28)16-32(24)25(33)17-35-23-8-5-13-30-15-23/h2-13,15,18,22,24,26H,14,16-17,29H2,1H3,(H,31,34)/t18?,22-,24+,26+/m1/s1. The molecular formula is C27H29FN4O3. The minimum Gasteiger partial charge on any atom is -0.482 e. The Morgan fingerprint density at radius 3 is 2.43 bits per heavy atom. The summed E-state index contributed by atoms with van der Waals surface area (Å²) < 4.78 is 19.9. The minimum atomic E-state index is -1.28. The fraction of sp³-hybridized carbons (Fsp3) is 0.296. The number of likely N-dealkylation sites (tertiary alicyclic amines) is 1. The molecule has 0 bridgehead atoms. The number of alkyl halides is 1. The van der Waals surface area contributed by atoms with E-state index in [-0.39, 0.29) is 25.6 Å². The van der Waals surface area contributed by atoms with Crippen LogP contribution in [0.2, 0.25) is 0 Å². The Labute approximate surface area is 204 Å². The lowest BCUT2D eigenvalue weighted by atomic mass is 9.96. The smallest absolute Gasteiger partial charge is 0.261 e. The molecule has 4 atom stereocenters. The number of rotatable bonds is 8. The monoisotopic (exact) mass is 476 g/mol. The Balaban J connectivity index is 1.51. The van der Waals surface area contributed by atoms with E-state index in [1.54, 1.807) is 18.3 Å². The highest BCUT2D eigenvalue weighted by Crippen LogP contribution is 2.26. The molecule has 8 heteroatoms. The van der Waals surface area contributed by atoms with Crippen LogP contribution in [0.25, 0.3) is 0 Å². The van der Waals surface area contributed by atoms with Crippen LogP contribution in [0.3, 0.4) is 0 Å². The second-order valence-electron chi connectivity index (χ2n) is 8.68. The van der Waals surface area contributed by atoms with Crippen molar-refractivity contribution in [1.29, 1.82) is 0 Å². The highest BCUT2D eigenvalue weighted by Gasteiger charge is 2.40. The van der Waals surface area contributed by atoms with Gasteiger partial charge in [-0.2, -0.15) is 0 Å². The minimum absolute atomic E-state index is 0.0599. The molecule has 1 aliphatic rings. The van der Waals surface area contributed by atoms with Gasteiger partial charge in [-0.1, -0.05) is 54.6 Å². The quantitative estimate of drug-likeness (QED) is 0.520. The second kappa shape index (κ2) is 11.1. The summed E-state index contributed by atoms with van der Waals surface area (Å²) in [6, 6.07) is 19.1. The summed E-state index contributed by atoms with van der Waals surface area (Å²) in [5.41, 5.74) is 8.70. The summed E-state index contributed by atoms with van der Waals surface area (Å²) in [5, 5.41) is 3.04. The van der Waals surface area contributed by atoms with Crippen molar-refractivity contribution >= 4 is 11.8 Å². The first kappa shape index (κ1) is 24.3. The number of pyridine rings is 1. The number of carbonyl (C=O) groups excluding carboxylic acids is 2. The maximum atomic E-state index is 14.4. The molecule has 1 fully saturated rings. The zero-order valence-electron chi connectivity index (χ0n) is 19.5. The van der Waals surface area contributed by atoms with Crippen molar-refractivity contribution in [3.63, 3.8) is 0 Å². The van der Waals surface area contributed by atoms with Crippen LogP contribution in [0.1, 0.15) is 42.1 Å². The lowest BCUT2D eigenvalue weighted by molar-refractivity contribution is -0.140. The van der Waals surface area contributed by atoms with Crippen molar-refractivity contribution in [1.82, 2.24) is 15.2 Å². The zero-order valence-corrected chi connectivity index (χ0v) is 19.5. The molecule has 1 aromatic heterocycles. The molecule has 1 aliphatic heterocycles. The van der Waals surface area contributed by atoms with Crippen LogP contribution in [-0.4, -0.2) is 47.1 Å². The Morgan fingerprint density at radius 1 is 1.09 bits per heavy atom. The summed E-state index contributed by atoms with van der Waals surface area (Å²) in [6.07, 6.45) is 1.74. The van der Waals surface area contributed by atoms with Crippen LogP contribution in [-0.2, 0) is 9.59 Å². The fourth-order valence-corrected chi connectivity index (χ4v) is 4.20. The maximum Gasteiger partial charge on any atom is 0.261 e. The molecule has 0 saturated carbocycles. The van der Waals surface area contributed by atoms with Gasteiger partial charge in [0.2, 0.25) is 5.91 Å². The summed E-state index contributed by atoms with van der Waals surface area (Å²) >= 11 is 0. The molecule has 1 unspecified atom stereocenters. The average Bonchev–Trinajstić information content (AvgIpc) is 3.29. The first-order valence-electron chi connectivity index (χ1n) is 11.6. The zero-order chi connectivity index (χ0) is 24.8. The lowest BCUT2D eigenvalue weighted by Gasteiger charge is -2.27. The van der Waals surface area contributed by atoms with E-state index in [0.717, 1.165) is 16.7 Å². The number of aromatic nitrogens is 1. The van der Waals surface area contributed by atoms with Crippen LogP contribution in [0, 0.1) is 0 Å². The fourth-order valence-electron chi connectivity index (χ4n) is 4.20. The van der Waals surface area contributed by atoms with E-state index in [1.807, 2.05) is 61.5 Å². The molecule has 1 saturated heterocycles. The van der Waals surface area contributed by atoms with Gasteiger partial charge in [-0.25, -0.2) is 4.39 Å². The van der Waals surface area contributed by atoms with Crippen LogP contribution in [0.5, 0.6) is 5.75 Å². The van der Waals surface area contributed by atoms with Gasteiger partial charge in [0, 0.05) is 18.7 Å². The van der Waals surface area contributed by atoms with Gasteiger partial charge in [0.05, 0.1) is 18.8 Å². The first-order chi connectivity index (χ1) is 16.9. The van der Waals surface area contributed by atoms with Crippen LogP contribution < -0.4 is 15.8 Å². The van der Waals surface area contributed by atoms with E-state index in [1.165, 1.54) is 11.1 Å². The highest BCUT2D eigenvalue weighted by molar-refractivity contribution is 5.89. The van der Waals surface area contributed by atoms with Gasteiger partial charge in [-0.3, -0.25) is 14.6 Å². The van der Waals surface area contributed by atoms with Crippen molar-refractivity contribution in [2.24, 2.45) is 5.73 Å². The molecule has 3 N–H and O–H groups in total. The molecule has 2 heterocycles. The van der Waals surface area contributed by atoms with E-state index in [9.17, 15) is 14.0 Å². The molecular weight excluding hydrogens is 447 g/mol. The third kappa shape index (κ3) is 6.02. The molecule has 2 amide bonds. The molecule has 35 heavy (non-hydrogen) atoms. The summed E-state index contributed by atoms with van der Waals surface area (Å²) in [6.45, 7) is 1.46. The highest BCUT2D eigenvalue weighted by atomic mass is 19.1. The molecule has 2 aromatic carbocycles. The Kier molecular flexibility index (Phi) is 7.72. The van der Waals surface area contributed by atoms with Gasteiger partial charge in [0.25, 0.3) is 5.91 Å². The molecule has 0 aliphatic carbocycles. The van der Waals surface area contributed by atoms with Gasteiger partial charge in [-0.05, 0) is 35.7 Å². The SMILES string of the molecule is CC(N)c1ccc([C@@H](NC(=O)[C@@H]2C[C@@H](F)CN2C(=O)COc2cccnc2)c2ccccc2)cc1. The number of hydrogen-bond donors (Lipinski definition) is 2. The Bertz CT molecular complexity index is 1130.